The van der Waals surface area contributed by atoms with Crippen molar-refractivity contribution < 1.29 is 5.11 Å². The summed E-state index contributed by atoms with van der Waals surface area (Å²) in [7, 11) is 0. The third kappa shape index (κ3) is 3.62. The molecule has 136 valence electrons. The number of imidazole rings is 1. The van der Waals surface area contributed by atoms with Gasteiger partial charge in [-0.15, -0.1) is 0 Å². The summed E-state index contributed by atoms with van der Waals surface area (Å²) >= 11 is 0. The lowest BCUT2D eigenvalue weighted by atomic mass is 10.0. The lowest BCUT2D eigenvalue weighted by Crippen LogP contribution is -2.10. The Hall–Kier alpha value is -3.34. The predicted molar refractivity (Wildman–Crippen MR) is 106 cm³/mol. The lowest BCUT2D eigenvalue weighted by Gasteiger charge is -2.18. The first kappa shape index (κ1) is 17.1. The quantitative estimate of drug-likeness (QED) is 0.540. The van der Waals surface area contributed by atoms with Crippen LogP contribution in [0.2, 0.25) is 0 Å². The SMILES string of the molecule is CC(CCn1cccn1)n1cnc(-c2ccccc2)c1-c1ccc(O)cc1. The molecule has 0 saturated carbocycles. The van der Waals surface area contributed by atoms with Gasteiger partial charge in [-0.05, 0) is 43.7 Å². The molecule has 2 aromatic heterocycles. The van der Waals surface area contributed by atoms with Crippen molar-refractivity contribution in [1.82, 2.24) is 19.3 Å². The number of aryl methyl sites for hydroxylation is 1. The number of aromatic nitrogens is 4. The molecule has 4 aromatic rings. The van der Waals surface area contributed by atoms with E-state index in [2.05, 4.69) is 28.7 Å². The van der Waals surface area contributed by atoms with Crippen molar-refractivity contribution in [2.75, 3.05) is 0 Å². The molecule has 0 aliphatic carbocycles. The van der Waals surface area contributed by atoms with Crippen LogP contribution in [0.5, 0.6) is 5.75 Å². The topological polar surface area (TPSA) is 55.9 Å². The third-order valence-corrected chi connectivity index (χ3v) is 4.79. The standard InChI is InChI=1S/C22H22N4O/c1-17(12-15-25-14-5-13-24-25)26-16-23-21(18-6-3-2-4-7-18)22(26)19-8-10-20(27)11-9-19/h2-11,13-14,16-17,27H,12,15H2,1H3. The predicted octanol–water partition coefficient (Wildman–Crippen LogP) is 4.77. The van der Waals surface area contributed by atoms with E-state index in [-0.39, 0.29) is 11.8 Å². The summed E-state index contributed by atoms with van der Waals surface area (Å²) in [5, 5.41) is 14.0. The van der Waals surface area contributed by atoms with E-state index in [1.165, 1.54) is 0 Å². The maximum atomic E-state index is 9.68. The number of aromatic hydroxyl groups is 1. The largest absolute Gasteiger partial charge is 0.508 e. The van der Waals surface area contributed by atoms with Gasteiger partial charge in [-0.1, -0.05) is 30.3 Å². The monoisotopic (exact) mass is 358 g/mol. The molecule has 1 N–H and O–H groups in total. The molecule has 27 heavy (non-hydrogen) atoms. The number of phenolic OH excluding ortho intramolecular Hbond substituents is 1. The second-order valence-electron chi connectivity index (χ2n) is 6.67. The molecule has 2 aromatic carbocycles. The molecule has 0 spiro atoms. The van der Waals surface area contributed by atoms with E-state index in [1.54, 1.807) is 18.3 Å². The zero-order valence-electron chi connectivity index (χ0n) is 15.2. The average molecular weight is 358 g/mol. The number of hydrogen-bond acceptors (Lipinski definition) is 3. The van der Waals surface area contributed by atoms with E-state index < -0.39 is 0 Å². The van der Waals surface area contributed by atoms with Crippen molar-refractivity contribution in [3.8, 4) is 28.3 Å². The Balaban J connectivity index is 1.72. The van der Waals surface area contributed by atoms with Crippen molar-refractivity contribution in [1.29, 1.82) is 0 Å². The van der Waals surface area contributed by atoms with Gasteiger partial charge in [0.25, 0.3) is 0 Å². The molecule has 0 bridgehead atoms. The molecule has 4 rings (SSSR count). The van der Waals surface area contributed by atoms with Crippen molar-refractivity contribution in [3.05, 3.63) is 79.4 Å². The highest BCUT2D eigenvalue weighted by molar-refractivity contribution is 5.78. The minimum atomic E-state index is 0.253. The number of phenols is 1. The van der Waals surface area contributed by atoms with Crippen LogP contribution in [0.25, 0.3) is 22.5 Å². The molecule has 5 heteroatoms. The fourth-order valence-electron chi connectivity index (χ4n) is 3.30. The van der Waals surface area contributed by atoms with E-state index in [1.807, 2.05) is 53.6 Å². The van der Waals surface area contributed by atoms with Crippen molar-refractivity contribution >= 4 is 0 Å². The summed E-state index contributed by atoms with van der Waals surface area (Å²) < 4.78 is 4.17. The Morgan fingerprint density at radius 3 is 2.44 bits per heavy atom. The molecule has 0 saturated heterocycles. The summed E-state index contributed by atoms with van der Waals surface area (Å²) in [5.41, 5.74) is 4.13. The fourth-order valence-corrected chi connectivity index (χ4v) is 3.30. The van der Waals surface area contributed by atoms with Gasteiger partial charge in [0.2, 0.25) is 0 Å². The second kappa shape index (κ2) is 7.50. The second-order valence-corrected chi connectivity index (χ2v) is 6.67. The summed E-state index contributed by atoms with van der Waals surface area (Å²) in [6, 6.07) is 19.7. The van der Waals surface area contributed by atoms with Gasteiger partial charge in [0, 0.05) is 36.1 Å². The fraction of sp³-hybridized carbons (Fsp3) is 0.182. The number of hydrogen-bond donors (Lipinski definition) is 1. The van der Waals surface area contributed by atoms with Gasteiger partial charge in [-0.2, -0.15) is 5.10 Å². The van der Waals surface area contributed by atoms with Crippen LogP contribution < -0.4 is 0 Å². The first-order valence-corrected chi connectivity index (χ1v) is 9.11. The molecule has 5 nitrogen and oxygen atoms in total. The van der Waals surface area contributed by atoms with Crippen molar-refractivity contribution in [2.24, 2.45) is 0 Å². The highest BCUT2D eigenvalue weighted by atomic mass is 16.3. The number of benzene rings is 2. The smallest absolute Gasteiger partial charge is 0.115 e. The molecular formula is C22H22N4O. The van der Waals surface area contributed by atoms with E-state index in [4.69, 9.17) is 4.98 Å². The molecule has 0 radical (unpaired) electrons. The van der Waals surface area contributed by atoms with Crippen molar-refractivity contribution in [3.63, 3.8) is 0 Å². The maximum Gasteiger partial charge on any atom is 0.115 e. The summed E-state index contributed by atoms with van der Waals surface area (Å²) in [6.45, 7) is 3.05. The zero-order valence-corrected chi connectivity index (χ0v) is 15.2. The molecule has 1 unspecified atom stereocenters. The first-order valence-electron chi connectivity index (χ1n) is 9.11. The van der Waals surface area contributed by atoms with Gasteiger partial charge in [-0.3, -0.25) is 4.68 Å². The molecule has 0 aliphatic heterocycles. The molecule has 2 heterocycles. The molecule has 0 amide bonds. The number of nitrogens with zero attached hydrogens (tertiary/aromatic N) is 4. The Labute approximate surface area is 158 Å². The zero-order chi connectivity index (χ0) is 18.6. The van der Waals surface area contributed by atoms with E-state index in [0.29, 0.717) is 0 Å². The van der Waals surface area contributed by atoms with Crippen LogP contribution in [0.4, 0.5) is 0 Å². The summed E-state index contributed by atoms with van der Waals surface area (Å²) in [4.78, 5) is 4.73. The van der Waals surface area contributed by atoms with Crippen LogP contribution in [0, 0.1) is 0 Å². The Morgan fingerprint density at radius 2 is 1.74 bits per heavy atom. The molecule has 1 atom stereocenters. The summed E-state index contributed by atoms with van der Waals surface area (Å²) in [5.74, 6) is 0.262. The first-order chi connectivity index (χ1) is 13.2. The highest BCUT2D eigenvalue weighted by Crippen LogP contribution is 2.34. The van der Waals surface area contributed by atoms with Crippen LogP contribution in [-0.4, -0.2) is 24.4 Å². The third-order valence-electron chi connectivity index (χ3n) is 4.79. The molecule has 0 fully saturated rings. The lowest BCUT2D eigenvalue weighted by molar-refractivity contribution is 0.449. The van der Waals surface area contributed by atoms with Gasteiger partial charge in [-0.25, -0.2) is 4.98 Å². The Morgan fingerprint density at radius 1 is 0.963 bits per heavy atom. The average Bonchev–Trinajstić information content (AvgIpc) is 3.37. The minimum absolute atomic E-state index is 0.253. The highest BCUT2D eigenvalue weighted by Gasteiger charge is 2.18. The van der Waals surface area contributed by atoms with Gasteiger partial charge in [0.15, 0.2) is 0 Å². The van der Waals surface area contributed by atoms with E-state index >= 15 is 0 Å². The molecular weight excluding hydrogens is 336 g/mol. The van der Waals surface area contributed by atoms with Crippen molar-refractivity contribution in [2.45, 2.75) is 25.9 Å². The maximum absolute atomic E-state index is 9.68. The van der Waals surface area contributed by atoms with Gasteiger partial charge in [0.05, 0.1) is 17.7 Å². The van der Waals surface area contributed by atoms with E-state index in [0.717, 1.165) is 35.5 Å². The van der Waals surface area contributed by atoms with Gasteiger partial charge in [0.1, 0.15) is 5.75 Å². The van der Waals surface area contributed by atoms with Crippen LogP contribution >= 0.6 is 0 Å². The Kier molecular flexibility index (Phi) is 4.75. The normalized spacial score (nSPS) is 12.2. The van der Waals surface area contributed by atoms with Crippen LogP contribution in [-0.2, 0) is 6.54 Å². The molecule has 0 aliphatic rings. The van der Waals surface area contributed by atoms with E-state index in [9.17, 15) is 5.11 Å². The number of rotatable bonds is 6. The van der Waals surface area contributed by atoms with Gasteiger partial charge < -0.3 is 9.67 Å². The van der Waals surface area contributed by atoms with Crippen LogP contribution in [0.1, 0.15) is 19.4 Å². The summed E-state index contributed by atoms with van der Waals surface area (Å²) in [6.07, 6.45) is 6.64. The Bertz CT molecular complexity index is 989. The van der Waals surface area contributed by atoms with Crippen LogP contribution in [0.3, 0.4) is 0 Å². The van der Waals surface area contributed by atoms with Gasteiger partial charge >= 0.3 is 0 Å². The minimum Gasteiger partial charge on any atom is -0.508 e. The van der Waals surface area contributed by atoms with Crippen LogP contribution in [0.15, 0.2) is 79.4 Å².